The van der Waals surface area contributed by atoms with Crippen LogP contribution in [0.3, 0.4) is 0 Å². The molecule has 8 N–H and O–H groups in total. The van der Waals surface area contributed by atoms with E-state index in [1.165, 1.54) is 23.5 Å². The Morgan fingerprint density at radius 1 is 0.711 bits per heavy atom. The summed E-state index contributed by atoms with van der Waals surface area (Å²) in [5.41, 5.74) is 9.88. The van der Waals surface area contributed by atoms with Crippen LogP contribution in [0.25, 0.3) is 21.8 Å². The minimum atomic E-state index is -1.14. The summed E-state index contributed by atoms with van der Waals surface area (Å²) in [5, 5.41) is 19.7. The maximum atomic E-state index is 13.8. The van der Waals surface area contributed by atoms with E-state index in [1.807, 2.05) is 67.2 Å². The number of amides is 3. The molecule has 240 valence electrons. The second-order valence-corrected chi connectivity index (χ2v) is 12.8. The fourth-order valence-corrected chi connectivity index (χ4v) is 6.12. The lowest BCUT2D eigenvalue weighted by Gasteiger charge is -2.25. The van der Waals surface area contributed by atoms with Crippen LogP contribution in [0.5, 0.6) is 0 Å². The Morgan fingerprint density at radius 3 is 1.73 bits per heavy atom. The molecule has 13 heteroatoms. The molecule has 0 radical (unpaired) electrons. The van der Waals surface area contributed by atoms with E-state index in [9.17, 15) is 24.3 Å². The number of nitrogens with two attached hydrogens (primary N) is 1. The highest BCUT2D eigenvalue weighted by Gasteiger charge is 2.31. The van der Waals surface area contributed by atoms with Gasteiger partial charge in [-0.15, -0.1) is 0 Å². The van der Waals surface area contributed by atoms with Gasteiger partial charge in [0.1, 0.15) is 18.1 Å². The first-order valence-electron chi connectivity index (χ1n) is 14.7. The smallest absolute Gasteiger partial charge is 0.326 e. The molecular formula is C32H40N6O5S2. The van der Waals surface area contributed by atoms with E-state index in [0.717, 1.165) is 32.9 Å². The number of aromatic nitrogens is 2. The fourth-order valence-electron chi connectivity index (χ4n) is 5.18. The number of fused-ring (bicyclic) bond motifs is 2. The van der Waals surface area contributed by atoms with Crippen molar-refractivity contribution in [1.82, 2.24) is 25.9 Å². The van der Waals surface area contributed by atoms with Gasteiger partial charge in [0.2, 0.25) is 17.7 Å². The molecule has 0 fully saturated rings. The summed E-state index contributed by atoms with van der Waals surface area (Å²) in [4.78, 5) is 58.7. The molecule has 4 rings (SSSR count). The lowest BCUT2D eigenvalue weighted by atomic mass is 10.0. The van der Waals surface area contributed by atoms with Crippen molar-refractivity contribution in [3.8, 4) is 0 Å². The van der Waals surface area contributed by atoms with Gasteiger partial charge in [0.15, 0.2) is 0 Å². The molecule has 3 amide bonds. The average molecular weight is 653 g/mol. The van der Waals surface area contributed by atoms with Crippen molar-refractivity contribution in [2.45, 2.75) is 49.9 Å². The largest absolute Gasteiger partial charge is 0.480 e. The van der Waals surface area contributed by atoms with Gasteiger partial charge in [0.05, 0.1) is 6.04 Å². The summed E-state index contributed by atoms with van der Waals surface area (Å²) in [6.07, 6.45) is 8.28. The Labute approximate surface area is 270 Å². The highest BCUT2D eigenvalue weighted by atomic mass is 32.2. The molecule has 0 bridgehead atoms. The third-order valence-electron chi connectivity index (χ3n) is 7.65. The van der Waals surface area contributed by atoms with Crippen molar-refractivity contribution in [3.05, 3.63) is 72.1 Å². The van der Waals surface area contributed by atoms with Crippen LogP contribution < -0.4 is 21.7 Å². The predicted molar refractivity (Wildman–Crippen MR) is 181 cm³/mol. The first kappa shape index (κ1) is 33.9. The number of hydrogen-bond donors (Lipinski definition) is 7. The van der Waals surface area contributed by atoms with E-state index in [-0.39, 0.29) is 25.7 Å². The number of hydrogen-bond acceptors (Lipinski definition) is 7. The van der Waals surface area contributed by atoms with Crippen LogP contribution in [0.15, 0.2) is 60.9 Å². The second kappa shape index (κ2) is 16.4. The molecule has 0 aliphatic heterocycles. The second-order valence-electron chi connectivity index (χ2n) is 10.8. The maximum absolute atomic E-state index is 13.8. The molecule has 2 aromatic carbocycles. The summed E-state index contributed by atoms with van der Waals surface area (Å²) in [6.45, 7) is 0. The number of carboxylic acid groups (broad SMARTS) is 1. The number of rotatable bonds is 17. The van der Waals surface area contributed by atoms with Gasteiger partial charge in [-0.1, -0.05) is 36.4 Å². The lowest BCUT2D eigenvalue weighted by molar-refractivity contribution is -0.142. The van der Waals surface area contributed by atoms with Crippen molar-refractivity contribution in [3.63, 3.8) is 0 Å². The minimum absolute atomic E-state index is 0.143. The van der Waals surface area contributed by atoms with Crippen molar-refractivity contribution >= 4 is 69.0 Å². The maximum Gasteiger partial charge on any atom is 0.326 e. The number of para-hydroxylation sites is 2. The fraction of sp³-hybridized carbons (Fsp3) is 0.375. The third-order valence-corrected chi connectivity index (χ3v) is 8.94. The van der Waals surface area contributed by atoms with Crippen LogP contribution >= 0.6 is 23.5 Å². The zero-order valence-corrected chi connectivity index (χ0v) is 26.9. The van der Waals surface area contributed by atoms with Gasteiger partial charge in [-0.2, -0.15) is 23.5 Å². The van der Waals surface area contributed by atoms with E-state index in [1.54, 1.807) is 6.20 Å². The number of carbonyl (C=O) groups excluding carboxylic acids is 3. The summed E-state index contributed by atoms with van der Waals surface area (Å²) < 4.78 is 0. The molecule has 0 aliphatic rings. The number of aromatic amines is 2. The van der Waals surface area contributed by atoms with E-state index >= 15 is 0 Å². The Balaban J connectivity index is 1.54. The topological polar surface area (TPSA) is 182 Å². The lowest BCUT2D eigenvalue weighted by Crippen LogP contribution is -2.58. The van der Waals surface area contributed by atoms with Crippen LogP contribution in [-0.4, -0.2) is 86.9 Å². The zero-order valence-electron chi connectivity index (χ0n) is 25.3. The highest BCUT2D eigenvalue weighted by molar-refractivity contribution is 7.98. The molecule has 2 heterocycles. The third kappa shape index (κ3) is 9.05. The first-order chi connectivity index (χ1) is 21.7. The van der Waals surface area contributed by atoms with Gasteiger partial charge in [0.25, 0.3) is 0 Å². The minimum Gasteiger partial charge on any atom is -0.480 e. The summed E-state index contributed by atoms with van der Waals surface area (Å²) in [7, 11) is 0. The molecular weight excluding hydrogens is 613 g/mol. The monoisotopic (exact) mass is 652 g/mol. The average Bonchev–Trinajstić information content (AvgIpc) is 3.64. The Hall–Kier alpha value is -3.94. The van der Waals surface area contributed by atoms with Crippen LogP contribution in [-0.2, 0) is 32.0 Å². The SMILES string of the molecule is CSCCC(NC(=O)C(CCSC)NC(=O)C(Cc1c[nH]c2ccccc12)NC(=O)C(N)Cc1c[nH]c2ccccc12)C(=O)O. The predicted octanol–water partition coefficient (Wildman–Crippen LogP) is 2.81. The van der Waals surface area contributed by atoms with Crippen molar-refractivity contribution in [1.29, 1.82) is 0 Å². The number of carbonyl (C=O) groups is 4. The number of H-pyrrole nitrogens is 2. The van der Waals surface area contributed by atoms with E-state index in [0.29, 0.717) is 11.5 Å². The van der Waals surface area contributed by atoms with Crippen LogP contribution in [0, 0.1) is 0 Å². The van der Waals surface area contributed by atoms with Gasteiger partial charge in [0, 0.05) is 40.6 Å². The molecule has 0 saturated heterocycles. The number of benzene rings is 2. The summed E-state index contributed by atoms with van der Waals surface area (Å²) >= 11 is 2.98. The van der Waals surface area contributed by atoms with Crippen LogP contribution in [0.2, 0.25) is 0 Å². The summed E-state index contributed by atoms with van der Waals surface area (Å²) in [5.74, 6) is -1.69. The molecule has 45 heavy (non-hydrogen) atoms. The first-order valence-corrected chi connectivity index (χ1v) is 17.5. The van der Waals surface area contributed by atoms with Crippen LogP contribution in [0.4, 0.5) is 0 Å². The Morgan fingerprint density at radius 2 is 1.18 bits per heavy atom. The van der Waals surface area contributed by atoms with Crippen molar-refractivity contribution in [2.24, 2.45) is 5.73 Å². The van der Waals surface area contributed by atoms with Crippen molar-refractivity contribution in [2.75, 3.05) is 24.0 Å². The summed E-state index contributed by atoms with van der Waals surface area (Å²) in [6, 6.07) is 11.3. The Kier molecular flexibility index (Phi) is 12.4. The number of nitrogens with one attached hydrogen (secondary N) is 5. The van der Waals surface area contributed by atoms with Crippen LogP contribution in [0.1, 0.15) is 24.0 Å². The molecule has 11 nitrogen and oxygen atoms in total. The van der Waals surface area contributed by atoms with Crippen molar-refractivity contribution < 1.29 is 24.3 Å². The van der Waals surface area contributed by atoms with Gasteiger partial charge >= 0.3 is 5.97 Å². The number of carboxylic acids is 1. The number of thioether (sulfide) groups is 2. The van der Waals surface area contributed by atoms with E-state index < -0.39 is 47.9 Å². The molecule has 4 aromatic rings. The molecule has 0 spiro atoms. The van der Waals surface area contributed by atoms with Gasteiger partial charge in [-0.3, -0.25) is 14.4 Å². The van der Waals surface area contributed by atoms with E-state index in [4.69, 9.17) is 5.73 Å². The Bertz CT molecular complexity index is 1620. The van der Waals surface area contributed by atoms with Gasteiger partial charge in [-0.25, -0.2) is 4.79 Å². The quantitative estimate of drug-likeness (QED) is 0.0909. The standard InChI is InChI=1S/C32H40N6O5S2/c1-44-13-11-26(30(40)37-27(32(42)43)12-14-45-2)36-31(41)28(16-20-18-35-25-10-6-4-8-22(20)25)38-29(39)23(33)15-19-17-34-24-9-5-3-7-21(19)24/h3-10,17-18,23,26-28,34-35H,11-16,33H2,1-2H3,(H,36,41)(H,37,40)(H,38,39)(H,42,43). The molecule has 0 saturated carbocycles. The molecule has 0 aliphatic carbocycles. The normalized spacial score (nSPS) is 14.0. The molecule has 4 atom stereocenters. The number of aliphatic carboxylic acids is 1. The van der Waals surface area contributed by atoms with E-state index in [2.05, 4.69) is 25.9 Å². The highest BCUT2D eigenvalue weighted by Crippen LogP contribution is 2.21. The molecule has 4 unspecified atom stereocenters. The zero-order chi connectivity index (χ0) is 32.3. The molecule has 2 aromatic heterocycles. The van der Waals surface area contributed by atoms with Gasteiger partial charge in [-0.05, 0) is 66.5 Å². The van der Waals surface area contributed by atoms with Gasteiger partial charge < -0.3 is 36.8 Å².